The molecule has 0 unspecified atom stereocenters. The molecule has 1 aliphatic carbocycles. The molecule has 302 valence electrons. The van der Waals surface area contributed by atoms with Crippen LogP contribution < -0.4 is 10.6 Å². The van der Waals surface area contributed by atoms with E-state index in [1.165, 1.54) is 16.2 Å². The first kappa shape index (κ1) is 42.4. The summed E-state index contributed by atoms with van der Waals surface area (Å²) in [5.41, 5.74) is 10.6. The number of phenols is 1. The lowest BCUT2D eigenvalue weighted by Crippen LogP contribution is -2.22. The molecular formula is C55H60O2P2. The van der Waals surface area contributed by atoms with Crippen molar-refractivity contribution in [2.45, 2.75) is 66.5 Å². The summed E-state index contributed by atoms with van der Waals surface area (Å²) in [6.07, 6.45) is 7.16. The molecule has 2 nitrogen and oxygen atoms in total. The molecule has 7 rings (SSSR count). The quantitative estimate of drug-likeness (QED) is 0.108. The lowest BCUT2D eigenvalue weighted by molar-refractivity contribution is 0.315. The second-order valence-electron chi connectivity index (χ2n) is 17.6. The third kappa shape index (κ3) is 9.52. The zero-order valence-corrected chi connectivity index (χ0v) is 37.7. The minimum atomic E-state index is -0.693. The van der Waals surface area contributed by atoms with Crippen molar-refractivity contribution in [1.82, 2.24) is 0 Å². The average Bonchev–Trinajstić information content (AvgIpc) is 3.48. The van der Waals surface area contributed by atoms with E-state index in [1.807, 2.05) is 0 Å². The molecule has 4 atom stereocenters. The Labute approximate surface area is 356 Å². The summed E-state index contributed by atoms with van der Waals surface area (Å²) in [6.45, 7) is 15.8. The van der Waals surface area contributed by atoms with Gasteiger partial charge in [-0.3, -0.25) is 0 Å². The molecule has 0 bridgehead atoms. The van der Waals surface area contributed by atoms with Gasteiger partial charge in [-0.1, -0.05) is 197 Å². The molecule has 0 radical (unpaired) electrons. The molecule has 0 heterocycles. The van der Waals surface area contributed by atoms with Gasteiger partial charge < -0.3 is 10.2 Å². The van der Waals surface area contributed by atoms with Crippen LogP contribution in [0.15, 0.2) is 175 Å². The van der Waals surface area contributed by atoms with Gasteiger partial charge in [-0.05, 0) is 116 Å². The molecule has 0 saturated heterocycles. The highest BCUT2D eigenvalue weighted by atomic mass is 31.1. The molecule has 0 saturated carbocycles. The topological polar surface area (TPSA) is 40.5 Å². The Bertz CT molecular complexity index is 2360. The van der Waals surface area contributed by atoms with Crippen LogP contribution in [0.1, 0.15) is 66.0 Å². The minimum Gasteiger partial charge on any atom is -0.508 e. The maximum Gasteiger partial charge on any atom is 0.126 e. The third-order valence-electron chi connectivity index (χ3n) is 12.7. The lowest BCUT2D eigenvalue weighted by Gasteiger charge is -2.30. The highest BCUT2D eigenvalue weighted by molar-refractivity contribution is 7.69. The summed E-state index contributed by atoms with van der Waals surface area (Å²) < 4.78 is 0. The standard InChI is InChI=1S/C55H60O2P2/c1-8-39(2)55(7)36-47(52(56)40(55)3)38-59(50-27-19-12-20-28-50)30-29-58(49-25-17-11-18-26-49)37-46-34-48(54(4,5)6)35-51(53(46)57)45-32-43(41-21-13-9-14-22-41)31-44(33-45)42-23-15-10-16-24-42/h9-28,31-36,39,56-57H,8,29-30,37-38H2,1-7H3/t39-,55+,58+,59+/m0/s1. The summed E-state index contributed by atoms with van der Waals surface area (Å²) >= 11 is 0. The van der Waals surface area contributed by atoms with Crippen molar-refractivity contribution in [1.29, 1.82) is 0 Å². The van der Waals surface area contributed by atoms with Gasteiger partial charge in [0.1, 0.15) is 11.5 Å². The summed E-state index contributed by atoms with van der Waals surface area (Å²) in [4.78, 5) is 0. The van der Waals surface area contributed by atoms with Gasteiger partial charge in [0, 0.05) is 23.3 Å². The maximum atomic E-state index is 12.5. The number of rotatable bonds is 14. The van der Waals surface area contributed by atoms with Crippen LogP contribution in [0.4, 0.5) is 0 Å². The Morgan fingerprint density at radius 1 is 0.593 bits per heavy atom. The van der Waals surface area contributed by atoms with Gasteiger partial charge in [0.25, 0.3) is 0 Å². The molecule has 0 aromatic heterocycles. The van der Waals surface area contributed by atoms with E-state index in [0.717, 1.165) is 81.2 Å². The molecule has 6 aromatic carbocycles. The first-order valence-electron chi connectivity index (χ1n) is 21.2. The molecule has 1 aliphatic rings. The lowest BCUT2D eigenvalue weighted by atomic mass is 9.73. The van der Waals surface area contributed by atoms with Crippen LogP contribution >= 0.6 is 15.8 Å². The van der Waals surface area contributed by atoms with Crippen molar-refractivity contribution in [3.63, 3.8) is 0 Å². The molecule has 4 heteroatoms. The molecule has 6 aromatic rings. The van der Waals surface area contributed by atoms with Crippen molar-refractivity contribution in [2.75, 3.05) is 18.5 Å². The van der Waals surface area contributed by atoms with E-state index in [4.69, 9.17) is 0 Å². The van der Waals surface area contributed by atoms with E-state index in [2.05, 4.69) is 206 Å². The first-order chi connectivity index (χ1) is 28.4. The van der Waals surface area contributed by atoms with Gasteiger partial charge in [0.2, 0.25) is 0 Å². The van der Waals surface area contributed by atoms with E-state index in [9.17, 15) is 10.2 Å². The number of phenolic OH excluding ortho intramolecular Hbond substituents is 1. The number of allylic oxidation sites excluding steroid dienone is 3. The minimum absolute atomic E-state index is 0.125. The normalized spacial score (nSPS) is 17.1. The summed E-state index contributed by atoms with van der Waals surface area (Å²) in [7, 11) is -1.30. The molecule has 0 fully saturated rings. The zero-order chi connectivity index (χ0) is 41.7. The third-order valence-corrected chi connectivity index (χ3v) is 18.1. The Hall–Kier alpha value is -4.74. The van der Waals surface area contributed by atoms with Crippen LogP contribution in [0.5, 0.6) is 5.75 Å². The predicted octanol–water partition coefficient (Wildman–Crippen LogP) is 14.6. The van der Waals surface area contributed by atoms with E-state index in [1.54, 1.807) is 0 Å². The smallest absolute Gasteiger partial charge is 0.126 e. The summed E-state index contributed by atoms with van der Waals surface area (Å²) in [5.74, 6) is 1.33. The number of hydrogen-bond donors (Lipinski definition) is 2. The SMILES string of the molecule is CC[C@H](C)[C@@]1(C)C=C(C[P@@](CC[P@](Cc2cc(C(C)(C)C)cc(-c3cc(-c4ccccc4)cc(-c4ccccc4)c3)c2O)c2ccccc2)c2ccccc2)C(O)=C1C. The van der Waals surface area contributed by atoms with Crippen LogP contribution in [0.3, 0.4) is 0 Å². The van der Waals surface area contributed by atoms with Gasteiger partial charge in [-0.25, -0.2) is 0 Å². The van der Waals surface area contributed by atoms with Crippen molar-refractivity contribution < 1.29 is 10.2 Å². The van der Waals surface area contributed by atoms with Crippen molar-refractivity contribution >= 4 is 26.5 Å². The molecule has 59 heavy (non-hydrogen) atoms. The second-order valence-corrected chi connectivity index (χ2v) is 22.3. The van der Waals surface area contributed by atoms with Gasteiger partial charge in [0.05, 0.1) is 0 Å². The van der Waals surface area contributed by atoms with Crippen LogP contribution in [0.2, 0.25) is 0 Å². The second kappa shape index (κ2) is 18.3. The van der Waals surface area contributed by atoms with Crippen molar-refractivity contribution in [2.24, 2.45) is 11.3 Å². The zero-order valence-electron chi connectivity index (χ0n) is 35.9. The largest absolute Gasteiger partial charge is 0.508 e. The molecule has 0 spiro atoms. The number of aliphatic hydroxyl groups is 1. The Kier molecular flexibility index (Phi) is 13.1. The molecular weight excluding hydrogens is 755 g/mol. The number of aromatic hydroxyl groups is 1. The first-order valence-corrected chi connectivity index (χ1v) is 24.6. The van der Waals surface area contributed by atoms with E-state index in [-0.39, 0.29) is 10.8 Å². The number of aliphatic hydroxyl groups excluding tert-OH is 1. The summed E-state index contributed by atoms with van der Waals surface area (Å²) in [6, 6.07) is 54.3. The van der Waals surface area contributed by atoms with Gasteiger partial charge in [0.15, 0.2) is 0 Å². The highest BCUT2D eigenvalue weighted by Crippen LogP contribution is 2.52. The monoisotopic (exact) mass is 814 g/mol. The molecule has 0 amide bonds. The Morgan fingerprint density at radius 3 is 1.53 bits per heavy atom. The average molecular weight is 815 g/mol. The fraction of sp³-hybridized carbons (Fsp3) is 0.273. The van der Waals surface area contributed by atoms with E-state index >= 15 is 0 Å². The summed E-state index contributed by atoms with van der Waals surface area (Å²) in [5, 5.41) is 26.9. The Morgan fingerprint density at radius 2 is 1.05 bits per heavy atom. The van der Waals surface area contributed by atoms with Crippen LogP contribution in [-0.2, 0) is 11.6 Å². The van der Waals surface area contributed by atoms with Crippen molar-refractivity contribution in [3.8, 4) is 39.1 Å². The fourth-order valence-corrected chi connectivity index (χ4v) is 14.1. The maximum absolute atomic E-state index is 12.5. The Balaban J connectivity index is 1.28. The van der Waals surface area contributed by atoms with Gasteiger partial charge >= 0.3 is 0 Å². The van der Waals surface area contributed by atoms with Crippen LogP contribution in [0, 0.1) is 11.3 Å². The van der Waals surface area contributed by atoms with Crippen LogP contribution in [-0.4, -0.2) is 28.7 Å². The van der Waals surface area contributed by atoms with Crippen LogP contribution in [0.25, 0.3) is 33.4 Å². The van der Waals surface area contributed by atoms with E-state index in [0.29, 0.717) is 17.4 Å². The van der Waals surface area contributed by atoms with Crippen molar-refractivity contribution in [3.05, 3.63) is 186 Å². The number of hydrogen-bond acceptors (Lipinski definition) is 2. The molecule has 0 aliphatic heterocycles. The fourth-order valence-electron chi connectivity index (χ4n) is 8.47. The highest BCUT2D eigenvalue weighted by Gasteiger charge is 2.38. The molecule has 2 N–H and O–H groups in total. The van der Waals surface area contributed by atoms with Gasteiger partial charge in [-0.15, -0.1) is 0 Å². The number of benzene rings is 6. The van der Waals surface area contributed by atoms with Gasteiger partial charge in [-0.2, -0.15) is 0 Å². The predicted molar refractivity (Wildman–Crippen MR) is 258 cm³/mol. The van der Waals surface area contributed by atoms with E-state index < -0.39 is 15.8 Å².